The van der Waals surface area contributed by atoms with Gasteiger partial charge in [-0.15, -0.1) is 0 Å². The summed E-state index contributed by atoms with van der Waals surface area (Å²) in [6.45, 7) is 2.35. The molecule has 1 aromatic carbocycles. The number of nitrogens with zero attached hydrogens (tertiary/aromatic N) is 3. The predicted molar refractivity (Wildman–Crippen MR) is 77.9 cm³/mol. The molecule has 104 valence electrons. The summed E-state index contributed by atoms with van der Waals surface area (Å²) in [5.74, 6) is 0.208. The minimum Gasteiger partial charge on any atom is -0.398 e. The standard InChI is InChI=1S/C14H17N5O/c1-10-14(18-7-6-17-10)19(9-13(16)20)8-11-4-2-3-5-12(11)15/h2-7H,8-9,15H2,1H3,(H2,16,20). The van der Waals surface area contributed by atoms with Gasteiger partial charge in [0.15, 0.2) is 5.82 Å². The van der Waals surface area contributed by atoms with Crippen LogP contribution in [0.15, 0.2) is 36.7 Å². The smallest absolute Gasteiger partial charge is 0.237 e. The van der Waals surface area contributed by atoms with Crippen molar-refractivity contribution in [1.82, 2.24) is 9.97 Å². The summed E-state index contributed by atoms with van der Waals surface area (Å²) in [4.78, 5) is 21.5. The van der Waals surface area contributed by atoms with Crippen LogP contribution in [0.1, 0.15) is 11.3 Å². The van der Waals surface area contributed by atoms with Crippen LogP contribution in [-0.2, 0) is 11.3 Å². The molecule has 0 atom stereocenters. The van der Waals surface area contributed by atoms with Crippen molar-refractivity contribution in [2.24, 2.45) is 5.73 Å². The number of anilines is 2. The third kappa shape index (κ3) is 3.23. The molecule has 0 fully saturated rings. The molecule has 0 saturated carbocycles. The van der Waals surface area contributed by atoms with Crippen LogP contribution >= 0.6 is 0 Å². The summed E-state index contributed by atoms with van der Waals surface area (Å²) in [5.41, 5.74) is 13.6. The lowest BCUT2D eigenvalue weighted by atomic mass is 10.1. The summed E-state index contributed by atoms with van der Waals surface area (Å²) in [6, 6.07) is 7.50. The van der Waals surface area contributed by atoms with E-state index in [9.17, 15) is 4.79 Å². The molecule has 6 heteroatoms. The first-order valence-corrected chi connectivity index (χ1v) is 6.22. The van der Waals surface area contributed by atoms with Gasteiger partial charge in [0.2, 0.25) is 5.91 Å². The molecule has 4 N–H and O–H groups in total. The van der Waals surface area contributed by atoms with Gasteiger partial charge in [0.1, 0.15) is 0 Å². The van der Waals surface area contributed by atoms with Gasteiger partial charge in [-0.25, -0.2) is 4.98 Å². The first-order valence-electron chi connectivity index (χ1n) is 6.22. The van der Waals surface area contributed by atoms with Crippen molar-refractivity contribution in [2.45, 2.75) is 13.5 Å². The molecule has 0 saturated heterocycles. The Balaban J connectivity index is 2.32. The number of aryl methyl sites for hydroxylation is 1. The number of primary amides is 1. The van der Waals surface area contributed by atoms with E-state index in [-0.39, 0.29) is 6.54 Å². The summed E-state index contributed by atoms with van der Waals surface area (Å²) in [7, 11) is 0. The van der Waals surface area contributed by atoms with E-state index in [2.05, 4.69) is 9.97 Å². The summed E-state index contributed by atoms with van der Waals surface area (Å²) >= 11 is 0. The fourth-order valence-corrected chi connectivity index (χ4v) is 1.99. The highest BCUT2D eigenvalue weighted by molar-refractivity contribution is 5.79. The first kappa shape index (κ1) is 13.8. The Bertz CT molecular complexity index is 614. The highest BCUT2D eigenvalue weighted by atomic mass is 16.1. The molecule has 0 radical (unpaired) electrons. The van der Waals surface area contributed by atoms with E-state index < -0.39 is 5.91 Å². The number of nitrogens with two attached hydrogens (primary N) is 2. The lowest BCUT2D eigenvalue weighted by Gasteiger charge is -2.23. The number of amides is 1. The Hall–Kier alpha value is -2.63. The summed E-state index contributed by atoms with van der Waals surface area (Å²) in [5, 5.41) is 0. The quantitative estimate of drug-likeness (QED) is 0.786. The van der Waals surface area contributed by atoms with Crippen molar-refractivity contribution >= 4 is 17.4 Å². The van der Waals surface area contributed by atoms with Crippen molar-refractivity contribution in [2.75, 3.05) is 17.2 Å². The van der Waals surface area contributed by atoms with E-state index in [1.807, 2.05) is 31.2 Å². The Kier molecular flexibility index (Phi) is 4.14. The molecule has 1 heterocycles. The second-order valence-corrected chi connectivity index (χ2v) is 4.49. The molecule has 0 spiro atoms. The number of nitrogen functional groups attached to an aromatic ring is 1. The average molecular weight is 271 g/mol. The van der Waals surface area contributed by atoms with Gasteiger partial charge < -0.3 is 16.4 Å². The Morgan fingerprint density at radius 3 is 2.60 bits per heavy atom. The highest BCUT2D eigenvalue weighted by Crippen LogP contribution is 2.19. The Morgan fingerprint density at radius 1 is 1.25 bits per heavy atom. The summed E-state index contributed by atoms with van der Waals surface area (Å²) in [6.07, 6.45) is 3.20. The lowest BCUT2D eigenvalue weighted by Crippen LogP contribution is -2.34. The second-order valence-electron chi connectivity index (χ2n) is 4.49. The van der Waals surface area contributed by atoms with E-state index in [1.54, 1.807) is 17.3 Å². The molecule has 0 unspecified atom stereocenters. The maximum Gasteiger partial charge on any atom is 0.237 e. The molecule has 6 nitrogen and oxygen atoms in total. The van der Waals surface area contributed by atoms with Crippen molar-refractivity contribution in [3.8, 4) is 0 Å². The van der Waals surface area contributed by atoms with Gasteiger partial charge in [0.25, 0.3) is 0 Å². The van der Waals surface area contributed by atoms with E-state index in [1.165, 1.54) is 0 Å². The molecule has 0 bridgehead atoms. The van der Waals surface area contributed by atoms with E-state index in [0.29, 0.717) is 18.1 Å². The van der Waals surface area contributed by atoms with Gasteiger partial charge in [-0.05, 0) is 18.6 Å². The van der Waals surface area contributed by atoms with Crippen molar-refractivity contribution in [3.05, 3.63) is 47.9 Å². The first-order chi connectivity index (χ1) is 9.58. The zero-order chi connectivity index (χ0) is 14.5. The van der Waals surface area contributed by atoms with E-state index >= 15 is 0 Å². The SMILES string of the molecule is Cc1nccnc1N(CC(N)=O)Cc1ccccc1N. The lowest BCUT2D eigenvalue weighted by molar-refractivity contribution is -0.116. The van der Waals surface area contributed by atoms with Crippen LogP contribution in [0.4, 0.5) is 11.5 Å². The molecule has 0 aliphatic heterocycles. The number of carbonyl (C=O) groups is 1. The van der Waals surface area contributed by atoms with Crippen LogP contribution in [-0.4, -0.2) is 22.4 Å². The molecule has 20 heavy (non-hydrogen) atoms. The second kappa shape index (κ2) is 6.01. The van der Waals surface area contributed by atoms with Gasteiger partial charge in [0, 0.05) is 24.6 Å². The number of carbonyl (C=O) groups excluding carboxylic acids is 1. The molecule has 0 aliphatic carbocycles. The average Bonchev–Trinajstić information content (AvgIpc) is 2.40. The van der Waals surface area contributed by atoms with Gasteiger partial charge in [-0.2, -0.15) is 0 Å². The van der Waals surface area contributed by atoms with Gasteiger partial charge in [-0.1, -0.05) is 18.2 Å². The zero-order valence-electron chi connectivity index (χ0n) is 11.3. The zero-order valence-corrected chi connectivity index (χ0v) is 11.3. The topological polar surface area (TPSA) is 98.1 Å². The molecule has 0 aliphatic rings. The number of hydrogen-bond acceptors (Lipinski definition) is 5. The highest BCUT2D eigenvalue weighted by Gasteiger charge is 2.15. The maximum atomic E-state index is 11.3. The van der Waals surface area contributed by atoms with Crippen LogP contribution in [0, 0.1) is 6.92 Å². The largest absolute Gasteiger partial charge is 0.398 e. The monoisotopic (exact) mass is 271 g/mol. The molecular weight excluding hydrogens is 254 g/mol. The number of hydrogen-bond donors (Lipinski definition) is 2. The Morgan fingerprint density at radius 2 is 1.95 bits per heavy atom. The maximum absolute atomic E-state index is 11.3. The van der Waals surface area contributed by atoms with Crippen molar-refractivity contribution in [1.29, 1.82) is 0 Å². The van der Waals surface area contributed by atoms with Gasteiger partial charge in [-0.3, -0.25) is 9.78 Å². The minimum absolute atomic E-state index is 0.0634. The number of rotatable bonds is 5. The normalized spacial score (nSPS) is 10.2. The fraction of sp³-hybridized carbons (Fsp3) is 0.214. The number of para-hydroxylation sites is 1. The fourth-order valence-electron chi connectivity index (χ4n) is 1.99. The minimum atomic E-state index is -0.426. The van der Waals surface area contributed by atoms with E-state index in [4.69, 9.17) is 11.5 Å². The van der Waals surface area contributed by atoms with Crippen LogP contribution in [0.5, 0.6) is 0 Å². The third-order valence-electron chi connectivity index (χ3n) is 2.92. The van der Waals surface area contributed by atoms with Gasteiger partial charge >= 0.3 is 0 Å². The van der Waals surface area contributed by atoms with Crippen LogP contribution in [0.25, 0.3) is 0 Å². The molecule has 2 aromatic rings. The van der Waals surface area contributed by atoms with Crippen molar-refractivity contribution in [3.63, 3.8) is 0 Å². The van der Waals surface area contributed by atoms with Gasteiger partial charge in [0.05, 0.1) is 12.2 Å². The molecule has 1 amide bonds. The van der Waals surface area contributed by atoms with Crippen molar-refractivity contribution < 1.29 is 4.79 Å². The van der Waals surface area contributed by atoms with Crippen LogP contribution in [0.3, 0.4) is 0 Å². The number of benzene rings is 1. The molecule has 2 rings (SSSR count). The van der Waals surface area contributed by atoms with Crippen LogP contribution < -0.4 is 16.4 Å². The molecular formula is C14H17N5O. The number of aromatic nitrogens is 2. The predicted octanol–water partition coefficient (Wildman–Crippen LogP) is 0.859. The Labute approximate surface area is 117 Å². The van der Waals surface area contributed by atoms with E-state index in [0.717, 1.165) is 11.3 Å². The summed E-state index contributed by atoms with van der Waals surface area (Å²) < 4.78 is 0. The molecule has 1 aromatic heterocycles. The van der Waals surface area contributed by atoms with Crippen LogP contribution in [0.2, 0.25) is 0 Å². The third-order valence-corrected chi connectivity index (χ3v) is 2.92.